The first-order chi connectivity index (χ1) is 8.18. The Morgan fingerprint density at radius 3 is 2.35 bits per heavy atom. The standard InChI is InChI=1S/C13H20N2O2/c14-10-13(6-2-1-3-7-13)12(17)15-8-4-11(16)5-9-15/h11,16H,1-9H2. The van der Waals surface area contributed by atoms with Crippen LogP contribution in [-0.4, -0.2) is 35.1 Å². The van der Waals surface area contributed by atoms with Gasteiger partial charge in [-0.3, -0.25) is 4.79 Å². The van der Waals surface area contributed by atoms with Crippen molar-refractivity contribution in [1.29, 1.82) is 5.26 Å². The summed E-state index contributed by atoms with van der Waals surface area (Å²) in [5.41, 5.74) is -0.763. The molecule has 1 aliphatic heterocycles. The van der Waals surface area contributed by atoms with E-state index in [1.54, 1.807) is 4.90 Å². The summed E-state index contributed by atoms with van der Waals surface area (Å²) < 4.78 is 0. The van der Waals surface area contributed by atoms with Gasteiger partial charge in [-0.2, -0.15) is 5.26 Å². The van der Waals surface area contributed by atoms with Crippen molar-refractivity contribution in [3.63, 3.8) is 0 Å². The molecule has 1 saturated heterocycles. The molecule has 0 aromatic heterocycles. The first kappa shape index (κ1) is 12.4. The number of carbonyl (C=O) groups excluding carboxylic acids is 1. The number of nitrogens with zero attached hydrogens (tertiary/aromatic N) is 2. The van der Waals surface area contributed by atoms with Gasteiger partial charge in [0.1, 0.15) is 5.41 Å². The van der Waals surface area contributed by atoms with E-state index >= 15 is 0 Å². The third kappa shape index (κ3) is 2.44. The molecule has 94 valence electrons. The van der Waals surface area contributed by atoms with Crippen molar-refractivity contribution in [2.75, 3.05) is 13.1 Å². The van der Waals surface area contributed by atoms with Crippen LogP contribution in [0.4, 0.5) is 0 Å². The second-order valence-electron chi connectivity index (χ2n) is 5.28. The molecule has 0 aromatic rings. The van der Waals surface area contributed by atoms with Gasteiger partial charge >= 0.3 is 0 Å². The van der Waals surface area contributed by atoms with Crippen molar-refractivity contribution in [3.8, 4) is 6.07 Å². The summed E-state index contributed by atoms with van der Waals surface area (Å²) in [4.78, 5) is 14.2. The molecule has 0 aromatic carbocycles. The Morgan fingerprint density at radius 2 is 1.82 bits per heavy atom. The highest BCUT2D eigenvalue weighted by atomic mass is 16.3. The molecule has 0 atom stereocenters. The Labute approximate surface area is 102 Å². The van der Waals surface area contributed by atoms with Crippen LogP contribution in [0.3, 0.4) is 0 Å². The summed E-state index contributed by atoms with van der Waals surface area (Å²) in [5.74, 6) is 0.00611. The van der Waals surface area contributed by atoms with Crippen molar-refractivity contribution >= 4 is 5.91 Å². The Bertz CT molecular complexity index is 321. The highest BCUT2D eigenvalue weighted by molar-refractivity contribution is 5.85. The van der Waals surface area contributed by atoms with Crippen LogP contribution in [0.25, 0.3) is 0 Å². The van der Waals surface area contributed by atoms with E-state index in [2.05, 4.69) is 6.07 Å². The monoisotopic (exact) mass is 236 g/mol. The molecule has 0 unspecified atom stereocenters. The molecule has 0 radical (unpaired) electrons. The third-order valence-corrected chi connectivity index (χ3v) is 4.08. The zero-order valence-corrected chi connectivity index (χ0v) is 10.2. The fourth-order valence-electron chi connectivity index (χ4n) is 2.90. The molecule has 2 aliphatic rings. The first-order valence-corrected chi connectivity index (χ1v) is 6.57. The van der Waals surface area contributed by atoms with Crippen LogP contribution in [0.5, 0.6) is 0 Å². The number of piperidine rings is 1. The molecule has 4 heteroatoms. The van der Waals surface area contributed by atoms with Crippen molar-refractivity contribution in [1.82, 2.24) is 4.90 Å². The van der Waals surface area contributed by atoms with E-state index in [9.17, 15) is 15.2 Å². The van der Waals surface area contributed by atoms with Gasteiger partial charge in [-0.1, -0.05) is 19.3 Å². The average molecular weight is 236 g/mol. The summed E-state index contributed by atoms with van der Waals surface area (Å²) in [5, 5.41) is 18.8. The van der Waals surface area contributed by atoms with E-state index in [0.29, 0.717) is 38.8 Å². The molecular formula is C13H20N2O2. The second kappa shape index (κ2) is 5.05. The lowest BCUT2D eigenvalue weighted by atomic mass is 9.74. The van der Waals surface area contributed by atoms with Crippen LogP contribution in [-0.2, 0) is 4.79 Å². The number of hydrogen-bond donors (Lipinski definition) is 1. The maximum atomic E-state index is 12.4. The van der Waals surface area contributed by atoms with Crippen LogP contribution in [0, 0.1) is 16.7 Å². The van der Waals surface area contributed by atoms with Crippen LogP contribution >= 0.6 is 0 Å². The van der Waals surface area contributed by atoms with Crippen molar-refractivity contribution in [2.24, 2.45) is 5.41 Å². The zero-order chi connectivity index (χ0) is 12.3. The van der Waals surface area contributed by atoms with E-state index in [4.69, 9.17) is 0 Å². The quantitative estimate of drug-likeness (QED) is 0.749. The van der Waals surface area contributed by atoms with Crippen molar-refractivity contribution in [3.05, 3.63) is 0 Å². The molecule has 4 nitrogen and oxygen atoms in total. The Balaban J connectivity index is 2.04. The van der Waals surface area contributed by atoms with Gasteiger partial charge in [-0.05, 0) is 25.7 Å². The van der Waals surface area contributed by atoms with Gasteiger partial charge in [0.15, 0.2) is 0 Å². The van der Waals surface area contributed by atoms with Crippen LogP contribution < -0.4 is 0 Å². The lowest BCUT2D eigenvalue weighted by molar-refractivity contribution is -0.142. The van der Waals surface area contributed by atoms with Gasteiger partial charge < -0.3 is 10.0 Å². The van der Waals surface area contributed by atoms with E-state index in [0.717, 1.165) is 19.3 Å². The fraction of sp³-hybridized carbons (Fsp3) is 0.846. The van der Waals surface area contributed by atoms with Gasteiger partial charge in [-0.15, -0.1) is 0 Å². The summed E-state index contributed by atoms with van der Waals surface area (Å²) in [6.45, 7) is 1.20. The predicted octanol–water partition coefficient (Wildman–Crippen LogP) is 1.44. The van der Waals surface area contributed by atoms with Gasteiger partial charge in [0.05, 0.1) is 12.2 Å². The number of aliphatic hydroxyl groups is 1. The molecule has 2 rings (SSSR count). The maximum absolute atomic E-state index is 12.4. The van der Waals surface area contributed by atoms with E-state index < -0.39 is 5.41 Å². The smallest absolute Gasteiger partial charge is 0.243 e. The van der Waals surface area contributed by atoms with Crippen LogP contribution in [0.2, 0.25) is 0 Å². The molecule has 0 spiro atoms. The first-order valence-electron chi connectivity index (χ1n) is 6.57. The summed E-state index contributed by atoms with van der Waals surface area (Å²) in [6.07, 6.45) is 5.54. The lowest BCUT2D eigenvalue weighted by Crippen LogP contribution is -2.48. The van der Waals surface area contributed by atoms with Gasteiger partial charge in [-0.25, -0.2) is 0 Å². The van der Waals surface area contributed by atoms with Crippen molar-refractivity contribution in [2.45, 2.75) is 51.0 Å². The number of likely N-dealkylation sites (tertiary alicyclic amines) is 1. The van der Waals surface area contributed by atoms with E-state index in [1.807, 2.05) is 0 Å². The van der Waals surface area contributed by atoms with E-state index in [1.165, 1.54) is 0 Å². The minimum absolute atomic E-state index is 0.00611. The number of aliphatic hydroxyl groups excluding tert-OH is 1. The Kier molecular flexibility index (Phi) is 3.68. The zero-order valence-electron chi connectivity index (χ0n) is 10.2. The minimum atomic E-state index is -0.763. The molecule has 1 amide bonds. The lowest BCUT2D eigenvalue weighted by Gasteiger charge is -2.37. The molecule has 1 aliphatic carbocycles. The topological polar surface area (TPSA) is 64.3 Å². The van der Waals surface area contributed by atoms with Crippen molar-refractivity contribution < 1.29 is 9.90 Å². The number of carbonyl (C=O) groups is 1. The molecule has 17 heavy (non-hydrogen) atoms. The average Bonchev–Trinajstić information content (AvgIpc) is 2.39. The van der Waals surface area contributed by atoms with Crippen LogP contribution in [0.1, 0.15) is 44.9 Å². The van der Waals surface area contributed by atoms with Gasteiger partial charge in [0.2, 0.25) is 5.91 Å². The molecule has 1 N–H and O–H groups in total. The number of hydrogen-bond acceptors (Lipinski definition) is 3. The maximum Gasteiger partial charge on any atom is 0.243 e. The number of rotatable bonds is 1. The normalized spacial score (nSPS) is 25.3. The second-order valence-corrected chi connectivity index (χ2v) is 5.28. The highest BCUT2D eigenvalue weighted by Gasteiger charge is 2.42. The Hall–Kier alpha value is -1.08. The highest BCUT2D eigenvalue weighted by Crippen LogP contribution is 2.37. The molecule has 1 heterocycles. The molecule has 0 bridgehead atoms. The van der Waals surface area contributed by atoms with Crippen LogP contribution in [0.15, 0.2) is 0 Å². The predicted molar refractivity (Wildman–Crippen MR) is 63.0 cm³/mol. The fourth-order valence-corrected chi connectivity index (χ4v) is 2.90. The summed E-state index contributed by atoms with van der Waals surface area (Å²) in [7, 11) is 0. The number of nitriles is 1. The SMILES string of the molecule is N#CC1(C(=O)N2CCC(O)CC2)CCCCC1. The summed E-state index contributed by atoms with van der Waals surface area (Å²) in [6, 6.07) is 2.27. The largest absolute Gasteiger partial charge is 0.393 e. The summed E-state index contributed by atoms with van der Waals surface area (Å²) >= 11 is 0. The Morgan fingerprint density at radius 1 is 1.24 bits per heavy atom. The minimum Gasteiger partial charge on any atom is -0.393 e. The van der Waals surface area contributed by atoms with Gasteiger partial charge in [0, 0.05) is 13.1 Å². The third-order valence-electron chi connectivity index (χ3n) is 4.08. The molecule has 1 saturated carbocycles. The molecule has 2 fully saturated rings. The number of amides is 1. The molecular weight excluding hydrogens is 216 g/mol. The van der Waals surface area contributed by atoms with Gasteiger partial charge in [0.25, 0.3) is 0 Å². The van der Waals surface area contributed by atoms with E-state index in [-0.39, 0.29) is 12.0 Å².